The fourth-order valence-electron chi connectivity index (χ4n) is 2.76. The summed E-state index contributed by atoms with van der Waals surface area (Å²) in [5.41, 5.74) is 0.233. The SMILES string of the molecule is CNCc1cc(=O)[nH]c(C2(OC)CCC(C)CC2)n1. The van der Waals surface area contributed by atoms with E-state index in [-0.39, 0.29) is 5.56 Å². The standard InChI is InChI=1S/C14H23N3O2/c1-10-4-6-14(19-3,7-5-10)13-16-11(9-15-2)8-12(18)17-13/h8,10,15H,4-7,9H2,1-3H3,(H,16,17,18). The fourth-order valence-corrected chi connectivity index (χ4v) is 2.76. The van der Waals surface area contributed by atoms with E-state index in [1.165, 1.54) is 6.07 Å². The Morgan fingerprint density at radius 3 is 2.79 bits per heavy atom. The van der Waals surface area contributed by atoms with E-state index >= 15 is 0 Å². The van der Waals surface area contributed by atoms with Crippen LogP contribution in [-0.2, 0) is 16.9 Å². The molecule has 1 aliphatic carbocycles. The molecule has 0 spiro atoms. The highest BCUT2D eigenvalue weighted by Crippen LogP contribution is 2.40. The molecule has 0 amide bonds. The summed E-state index contributed by atoms with van der Waals surface area (Å²) in [6, 6.07) is 1.54. The van der Waals surface area contributed by atoms with Crippen molar-refractivity contribution in [2.45, 2.75) is 44.8 Å². The Labute approximate surface area is 113 Å². The van der Waals surface area contributed by atoms with Crippen molar-refractivity contribution in [1.82, 2.24) is 15.3 Å². The van der Waals surface area contributed by atoms with Crippen LogP contribution in [0.5, 0.6) is 0 Å². The monoisotopic (exact) mass is 265 g/mol. The van der Waals surface area contributed by atoms with Gasteiger partial charge in [0.25, 0.3) is 5.56 Å². The highest BCUT2D eigenvalue weighted by Gasteiger charge is 2.38. The molecule has 0 aliphatic heterocycles. The van der Waals surface area contributed by atoms with Gasteiger partial charge < -0.3 is 15.0 Å². The van der Waals surface area contributed by atoms with Crippen molar-refractivity contribution in [3.05, 3.63) is 27.9 Å². The van der Waals surface area contributed by atoms with Crippen LogP contribution in [0.2, 0.25) is 0 Å². The third-order valence-corrected chi connectivity index (χ3v) is 4.06. The van der Waals surface area contributed by atoms with Gasteiger partial charge in [-0.15, -0.1) is 0 Å². The minimum absolute atomic E-state index is 0.106. The van der Waals surface area contributed by atoms with E-state index in [1.54, 1.807) is 7.11 Å². The fraction of sp³-hybridized carbons (Fsp3) is 0.714. The zero-order chi connectivity index (χ0) is 13.9. The molecule has 0 aromatic carbocycles. The van der Waals surface area contributed by atoms with Gasteiger partial charge in [0.05, 0.1) is 5.69 Å². The van der Waals surface area contributed by atoms with Crippen LogP contribution in [0.4, 0.5) is 0 Å². The summed E-state index contributed by atoms with van der Waals surface area (Å²) in [4.78, 5) is 19.2. The van der Waals surface area contributed by atoms with Crippen molar-refractivity contribution in [1.29, 1.82) is 0 Å². The molecule has 19 heavy (non-hydrogen) atoms. The number of nitrogens with one attached hydrogen (secondary N) is 2. The Kier molecular flexibility index (Phi) is 4.37. The van der Waals surface area contributed by atoms with E-state index in [2.05, 4.69) is 22.2 Å². The number of aromatic amines is 1. The Morgan fingerprint density at radius 2 is 2.21 bits per heavy atom. The van der Waals surface area contributed by atoms with Gasteiger partial charge in [0.2, 0.25) is 0 Å². The lowest BCUT2D eigenvalue weighted by molar-refractivity contribution is -0.0600. The summed E-state index contributed by atoms with van der Waals surface area (Å²) in [6.07, 6.45) is 4.04. The molecule has 2 rings (SSSR count). The first kappa shape index (κ1) is 14.2. The number of ether oxygens (including phenoxy) is 1. The van der Waals surface area contributed by atoms with E-state index in [0.717, 1.165) is 37.3 Å². The van der Waals surface area contributed by atoms with Gasteiger partial charge in [-0.25, -0.2) is 4.98 Å². The van der Waals surface area contributed by atoms with Crippen LogP contribution in [-0.4, -0.2) is 24.1 Å². The second-order valence-corrected chi connectivity index (χ2v) is 5.50. The van der Waals surface area contributed by atoms with Crippen molar-refractivity contribution in [3.63, 3.8) is 0 Å². The molecule has 0 unspecified atom stereocenters. The predicted molar refractivity (Wildman–Crippen MR) is 73.9 cm³/mol. The summed E-state index contributed by atoms with van der Waals surface area (Å²) >= 11 is 0. The average molecular weight is 265 g/mol. The number of aromatic nitrogens is 2. The first-order valence-corrected chi connectivity index (χ1v) is 6.90. The molecule has 1 aromatic rings. The normalized spacial score (nSPS) is 27.4. The van der Waals surface area contributed by atoms with Crippen molar-refractivity contribution in [2.24, 2.45) is 5.92 Å². The minimum atomic E-state index is -0.421. The third kappa shape index (κ3) is 3.04. The van der Waals surface area contributed by atoms with E-state index in [0.29, 0.717) is 12.4 Å². The Morgan fingerprint density at radius 1 is 1.53 bits per heavy atom. The maximum absolute atomic E-state index is 11.8. The highest BCUT2D eigenvalue weighted by atomic mass is 16.5. The van der Waals surface area contributed by atoms with Crippen LogP contribution >= 0.6 is 0 Å². The summed E-state index contributed by atoms with van der Waals surface area (Å²) in [7, 11) is 3.55. The van der Waals surface area contributed by atoms with Crippen LogP contribution in [0.1, 0.15) is 44.1 Å². The lowest BCUT2D eigenvalue weighted by Gasteiger charge is -2.37. The van der Waals surface area contributed by atoms with Crippen LogP contribution in [0.25, 0.3) is 0 Å². The first-order chi connectivity index (χ1) is 9.09. The average Bonchev–Trinajstić information content (AvgIpc) is 2.40. The second-order valence-electron chi connectivity index (χ2n) is 5.50. The van der Waals surface area contributed by atoms with Crippen LogP contribution < -0.4 is 10.9 Å². The van der Waals surface area contributed by atoms with Crippen LogP contribution in [0.3, 0.4) is 0 Å². The van der Waals surface area contributed by atoms with Gasteiger partial charge in [0, 0.05) is 19.7 Å². The molecular weight excluding hydrogens is 242 g/mol. The van der Waals surface area contributed by atoms with Gasteiger partial charge in [-0.05, 0) is 38.6 Å². The molecule has 1 aromatic heterocycles. The largest absolute Gasteiger partial charge is 0.370 e. The van der Waals surface area contributed by atoms with Crippen LogP contribution in [0.15, 0.2) is 10.9 Å². The Hall–Kier alpha value is -1.20. The molecule has 106 valence electrons. The van der Waals surface area contributed by atoms with Gasteiger partial charge in [-0.3, -0.25) is 4.79 Å². The van der Waals surface area contributed by atoms with Gasteiger partial charge in [-0.1, -0.05) is 6.92 Å². The van der Waals surface area contributed by atoms with Gasteiger partial charge in [0.1, 0.15) is 11.4 Å². The maximum Gasteiger partial charge on any atom is 0.251 e. The number of H-pyrrole nitrogens is 1. The molecule has 1 saturated carbocycles. The molecule has 0 atom stereocenters. The molecule has 5 heteroatoms. The number of hydrogen-bond acceptors (Lipinski definition) is 4. The zero-order valence-corrected chi connectivity index (χ0v) is 12.0. The molecule has 0 saturated heterocycles. The van der Waals surface area contributed by atoms with Crippen molar-refractivity contribution >= 4 is 0 Å². The maximum atomic E-state index is 11.8. The molecule has 1 aliphatic rings. The molecule has 1 heterocycles. The van der Waals surface area contributed by atoms with Gasteiger partial charge in [-0.2, -0.15) is 0 Å². The molecule has 1 fully saturated rings. The number of rotatable bonds is 4. The van der Waals surface area contributed by atoms with Gasteiger partial charge >= 0.3 is 0 Å². The Balaban J connectivity index is 2.35. The molecule has 0 bridgehead atoms. The highest BCUT2D eigenvalue weighted by molar-refractivity contribution is 5.10. The predicted octanol–water partition coefficient (Wildman–Crippen LogP) is 1.54. The van der Waals surface area contributed by atoms with E-state index in [1.807, 2.05) is 7.05 Å². The molecule has 0 radical (unpaired) electrons. The number of hydrogen-bond donors (Lipinski definition) is 2. The van der Waals surface area contributed by atoms with Crippen molar-refractivity contribution < 1.29 is 4.74 Å². The minimum Gasteiger partial charge on any atom is -0.370 e. The lowest BCUT2D eigenvalue weighted by atomic mass is 9.79. The second kappa shape index (κ2) is 5.84. The number of methoxy groups -OCH3 is 1. The van der Waals surface area contributed by atoms with Crippen molar-refractivity contribution in [3.8, 4) is 0 Å². The van der Waals surface area contributed by atoms with E-state index in [4.69, 9.17) is 4.74 Å². The summed E-state index contributed by atoms with van der Waals surface area (Å²) in [5.74, 6) is 1.40. The molecule has 2 N–H and O–H groups in total. The first-order valence-electron chi connectivity index (χ1n) is 6.90. The van der Waals surface area contributed by atoms with E-state index < -0.39 is 5.60 Å². The summed E-state index contributed by atoms with van der Waals surface area (Å²) < 4.78 is 5.75. The molecule has 5 nitrogen and oxygen atoms in total. The third-order valence-electron chi connectivity index (χ3n) is 4.06. The molecular formula is C14H23N3O2. The summed E-state index contributed by atoms with van der Waals surface area (Å²) in [5, 5.41) is 3.02. The quantitative estimate of drug-likeness (QED) is 0.866. The summed E-state index contributed by atoms with van der Waals surface area (Å²) in [6.45, 7) is 2.85. The zero-order valence-electron chi connectivity index (χ0n) is 12.0. The van der Waals surface area contributed by atoms with E-state index in [9.17, 15) is 4.79 Å². The smallest absolute Gasteiger partial charge is 0.251 e. The topological polar surface area (TPSA) is 67.0 Å². The Bertz CT molecular complexity index is 476. The number of nitrogens with zero attached hydrogens (tertiary/aromatic N) is 1. The van der Waals surface area contributed by atoms with Gasteiger partial charge in [0.15, 0.2) is 0 Å². The van der Waals surface area contributed by atoms with Crippen LogP contribution in [0, 0.1) is 5.92 Å². The van der Waals surface area contributed by atoms with Crippen molar-refractivity contribution in [2.75, 3.05) is 14.2 Å². The lowest BCUT2D eigenvalue weighted by Crippen LogP contribution is -2.37.